The molecule has 2 heterocycles. The van der Waals surface area contributed by atoms with Gasteiger partial charge < -0.3 is 13.9 Å². The number of esters is 1. The zero-order valence-electron chi connectivity index (χ0n) is 19.9. The maximum Gasteiger partial charge on any atom is 0.303 e. The van der Waals surface area contributed by atoms with Gasteiger partial charge in [-0.1, -0.05) is 44.4 Å². The van der Waals surface area contributed by atoms with Crippen LogP contribution in [0, 0.1) is 22.7 Å². The fourth-order valence-corrected chi connectivity index (χ4v) is 8.21. The molecule has 0 unspecified atom stereocenters. The number of carbonyl (C=O) groups is 2. The lowest BCUT2D eigenvalue weighted by molar-refractivity contribution is -0.202. The summed E-state index contributed by atoms with van der Waals surface area (Å²) in [5, 5.41) is 0. The van der Waals surface area contributed by atoms with E-state index in [9.17, 15) is 9.59 Å². The summed E-state index contributed by atoms with van der Waals surface area (Å²) in [6.45, 7) is 12.3. The lowest BCUT2D eigenvalue weighted by atomic mass is 9.44. The predicted molar refractivity (Wildman–Crippen MR) is 120 cm³/mol. The zero-order valence-corrected chi connectivity index (χ0v) is 19.9. The van der Waals surface area contributed by atoms with Crippen LogP contribution in [0.25, 0.3) is 0 Å². The molecule has 4 aliphatic rings. The molecule has 8 atom stereocenters. The Morgan fingerprint density at radius 3 is 2.62 bits per heavy atom. The average Bonchev–Trinajstić information content (AvgIpc) is 3.42. The molecule has 32 heavy (non-hydrogen) atoms. The molecule has 0 radical (unpaired) electrons. The van der Waals surface area contributed by atoms with Gasteiger partial charge in [0.05, 0.1) is 18.6 Å². The van der Waals surface area contributed by atoms with Crippen LogP contribution in [0.4, 0.5) is 0 Å². The molecule has 172 valence electrons. The molecule has 1 saturated carbocycles. The molecule has 0 amide bonds. The monoisotopic (exact) mass is 438 g/mol. The SMILES string of the molecule is CC[C@H]1[C@]2(C)C3=C(C)[C@H](c4ccoc4)C[C@H]3O[C@@H]2[C@H](OC(C)=O)[C@H]2C(C)=CCC(=O)[C@]12C. The minimum absolute atomic E-state index is 0.0276. The molecular weight excluding hydrogens is 404 g/mol. The van der Waals surface area contributed by atoms with Crippen molar-refractivity contribution in [2.45, 2.75) is 85.0 Å². The second-order valence-corrected chi connectivity index (χ2v) is 10.6. The summed E-state index contributed by atoms with van der Waals surface area (Å²) in [5.41, 5.74) is 3.97. The Labute approximate surface area is 190 Å². The standard InChI is InChI=1S/C27H34O5/c1-7-20-26(5)21(29)9-8-14(2)22(26)24(31-16(4)28)25-27(20,6)23-15(3)18(12-19(23)32-25)17-10-11-30-13-17/h8,10-11,13,18-20,22,24-25H,7,9,12H2,1-6H3/t18-,19-,20-,22-,24-,25-,26+,27-/m1/s1. The van der Waals surface area contributed by atoms with Gasteiger partial charge in [0, 0.05) is 36.0 Å². The number of ether oxygens (including phenoxy) is 2. The van der Waals surface area contributed by atoms with E-state index >= 15 is 0 Å². The van der Waals surface area contributed by atoms with Crippen molar-refractivity contribution in [2.24, 2.45) is 22.7 Å². The third-order valence-electron chi connectivity index (χ3n) is 9.28. The van der Waals surface area contributed by atoms with E-state index in [-0.39, 0.29) is 47.1 Å². The van der Waals surface area contributed by atoms with Crippen LogP contribution < -0.4 is 0 Å². The number of hydrogen-bond acceptors (Lipinski definition) is 5. The summed E-state index contributed by atoms with van der Waals surface area (Å²) in [7, 11) is 0. The van der Waals surface area contributed by atoms with Crippen LogP contribution in [-0.4, -0.2) is 30.1 Å². The van der Waals surface area contributed by atoms with Crippen LogP contribution >= 0.6 is 0 Å². The zero-order chi connectivity index (χ0) is 23.0. The topological polar surface area (TPSA) is 65.7 Å². The number of allylic oxidation sites excluding steroid dienone is 2. The Morgan fingerprint density at radius 2 is 2.00 bits per heavy atom. The molecule has 0 bridgehead atoms. The Hall–Kier alpha value is -2.14. The lowest BCUT2D eigenvalue weighted by Crippen LogP contribution is -2.65. The van der Waals surface area contributed by atoms with Gasteiger partial charge in [-0.25, -0.2) is 0 Å². The number of rotatable bonds is 3. The van der Waals surface area contributed by atoms with E-state index in [0.29, 0.717) is 6.42 Å². The van der Waals surface area contributed by atoms with Crippen molar-refractivity contribution >= 4 is 11.8 Å². The number of furan rings is 1. The van der Waals surface area contributed by atoms with Crippen molar-refractivity contribution in [3.8, 4) is 0 Å². The molecule has 0 aromatic carbocycles. The van der Waals surface area contributed by atoms with E-state index in [1.54, 1.807) is 6.26 Å². The Kier molecular flexibility index (Phi) is 4.87. The highest BCUT2D eigenvalue weighted by Crippen LogP contribution is 2.68. The van der Waals surface area contributed by atoms with Gasteiger partial charge in [-0.15, -0.1) is 0 Å². The Bertz CT molecular complexity index is 1020. The lowest BCUT2D eigenvalue weighted by Gasteiger charge is -2.60. The molecule has 5 nitrogen and oxygen atoms in total. The highest BCUT2D eigenvalue weighted by molar-refractivity contribution is 5.89. The Balaban J connectivity index is 1.71. The van der Waals surface area contributed by atoms with E-state index in [4.69, 9.17) is 13.9 Å². The second-order valence-electron chi connectivity index (χ2n) is 10.6. The predicted octanol–water partition coefficient (Wildman–Crippen LogP) is 5.37. The number of hydrogen-bond donors (Lipinski definition) is 0. The normalized spacial score (nSPS) is 42.9. The summed E-state index contributed by atoms with van der Waals surface area (Å²) in [5.74, 6) is 0.141. The molecule has 1 aliphatic heterocycles. The van der Waals surface area contributed by atoms with E-state index in [0.717, 1.165) is 18.4 Å². The van der Waals surface area contributed by atoms with Gasteiger partial charge in [0.2, 0.25) is 0 Å². The second kappa shape index (κ2) is 7.18. The smallest absolute Gasteiger partial charge is 0.303 e. The Morgan fingerprint density at radius 1 is 1.25 bits per heavy atom. The van der Waals surface area contributed by atoms with Gasteiger partial charge in [0.25, 0.3) is 0 Å². The third-order valence-corrected chi connectivity index (χ3v) is 9.28. The first-order chi connectivity index (χ1) is 15.1. The van der Waals surface area contributed by atoms with Gasteiger partial charge in [-0.05, 0) is 43.4 Å². The van der Waals surface area contributed by atoms with Crippen LogP contribution in [0.2, 0.25) is 0 Å². The first kappa shape index (κ1) is 21.7. The summed E-state index contributed by atoms with van der Waals surface area (Å²) >= 11 is 0. The van der Waals surface area contributed by atoms with Gasteiger partial charge in [0.1, 0.15) is 18.0 Å². The molecule has 1 aromatic heterocycles. The highest BCUT2D eigenvalue weighted by Gasteiger charge is 2.71. The van der Waals surface area contributed by atoms with Gasteiger partial charge in [-0.3, -0.25) is 9.59 Å². The van der Waals surface area contributed by atoms with E-state index in [1.165, 1.54) is 23.6 Å². The molecule has 1 saturated heterocycles. The number of Topliss-reactive ketones (excluding diaryl/α,β-unsaturated/α-hetero) is 1. The van der Waals surface area contributed by atoms with Crippen molar-refractivity contribution in [3.05, 3.63) is 47.0 Å². The molecule has 3 aliphatic carbocycles. The summed E-state index contributed by atoms with van der Waals surface area (Å²) < 4.78 is 18.2. The maximum atomic E-state index is 13.6. The molecule has 5 heteroatoms. The number of carbonyl (C=O) groups excluding carboxylic acids is 2. The van der Waals surface area contributed by atoms with Crippen molar-refractivity contribution in [3.63, 3.8) is 0 Å². The minimum atomic E-state index is -0.599. The van der Waals surface area contributed by atoms with Gasteiger partial charge in [0.15, 0.2) is 0 Å². The van der Waals surface area contributed by atoms with Crippen molar-refractivity contribution in [1.82, 2.24) is 0 Å². The van der Waals surface area contributed by atoms with Crippen LogP contribution in [0.3, 0.4) is 0 Å². The molecule has 0 N–H and O–H groups in total. The first-order valence-corrected chi connectivity index (χ1v) is 11.9. The summed E-state index contributed by atoms with van der Waals surface area (Å²) in [6.07, 6.45) is 6.99. The van der Waals surface area contributed by atoms with Crippen LogP contribution in [0.1, 0.15) is 72.3 Å². The molecule has 1 aromatic rings. The van der Waals surface area contributed by atoms with Crippen molar-refractivity contribution < 1.29 is 23.5 Å². The number of ketones is 1. The fourth-order valence-electron chi connectivity index (χ4n) is 8.21. The van der Waals surface area contributed by atoms with Crippen molar-refractivity contribution in [2.75, 3.05) is 0 Å². The van der Waals surface area contributed by atoms with Crippen LogP contribution in [0.15, 0.2) is 45.8 Å². The third kappa shape index (κ3) is 2.60. The van der Waals surface area contributed by atoms with Gasteiger partial charge in [-0.2, -0.15) is 0 Å². The van der Waals surface area contributed by atoms with E-state index in [2.05, 4.69) is 34.6 Å². The van der Waals surface area contributed by atoms with Crippen LogP contribution in [-0.2, 0) is 19.1 Å². The average molecular weight is 439 g/mol. The molecule has 0 spiro atoms. The summed E-state index contributed by atoms with van der Waals surface area (Å²) in [6, 6.07) is 2.03. The largest absolute Gasteiger partial charge is 0.472 e. The summed E-state index contributed by atoms with van der Waals surface area (Å²) in [4.78, 5) is 25.8. The first-order valence-electron chi connectivity index (χ1n) is 11.9. The van der Waals surface area contributed by atoms with Crippen LogP contribution in [0.5, 0.6) is 0 Å². The van der Waals surface area contributed by atoms with Gasteiger partial charge >= 0.3 is 5.97 Å². The highest BCUT2D eigenvalue weighted by atomic mass is 16.6. The van der Waals surface area contributed by atoms with E-state index < -0.39 is 11.5 Å². The van der Waals surface area contributed by atoms with Crippen molar-refractivity contribution in [1.29, 1.82) is 0 Å². The molecular formula is C27H34O5. The quantitative estimate of drug-likeness (QED) is 0.469. The maximum absolute atomic E-state index is 13.6. The molecule has 5 rings (SSSR count). The minimum Gasteiger partial charge on any atom is -0.472 e. The number of fused-ring (bicyclic) bond motifs is 4. The molecule has 2 fully saturated rings. The van der Waals surface area contributed by atoms with E-state index in [1.807, 2.05) is 18.4 Å². The fraction of sp³-hybridized carbons (Fsp3) is 0.630.